The summed E-state index contributed by atoms with van der Waals surface area (Å²) in [4.78, 5) is 23.6. The Hall–Kier alpha value is -1.59. The van der Waals surface area contributed by atoms with Gasteiger partial charge in [-0.1, -0.05) is 17.7 Å². The van der Waals surface area contributed by atoms with Crippen molar-refractivity contribution in [2.24, 2.45) is 11.7 Å². The molecule has 1 fully saturated rings. The number of rotatable bonds is 4. The van der Waals surface area contributed by atoms with Crippen LogP contribution in [0.4, 0.5) is 0 Å². The highest BCUT2D eigenvalue weighted by atomic mass is 35.5. The summed E-state index contributed by atoms with van der Waals surface area (Å²) in [6, 6.07) is 4.90. The quantitative estimate of drug-likeness (QED) is 0.852. The standard InChI is InChI=1S/C12H13ClN2O3/c13-10-3-7(11(14)16)1-2-8(10)4-15-5-9(6-15)12(17)18/h1-3,9H,4-6H2,(H2,14,16)(H,17,18). The highest BCUT2D eigenvalue weighted by Gasteiger charge is 2.32. The van der Waals surface area contributed by atoms with Gasteiger partial charge >= 0.3 is 5.97 Å². The molecule has 1 saturated heterocycles. The summed E-state index contributed by atoms with van der Waals surface area (Å²) in [6.45, 7) is 1.65. The molecule has 1 amide bonds. The molecule has 18 heavy (non-hydrogen) atoms. The van der Waals surface area contributed by atoms with Gasteiger partial charge in [0.25, 0.3) is 0 Å². The van der Waals surface area contributed by atoms with Crippen molar-refractivity contribution in [3.05, 3.63) is 34.3 Å². The highest BCUT2D eigenvalue weighted by Crippen LogP contribution is 2.24. The van der Waals surface area contributed by atoms with Gasteiger partial charge < -0.3 is 10.8 Å². The molecule has 0 aromatic heterocycles. The third-order valence-electron chi connectivity index (χ3n) is 3.04. The topological polar surface area (TPSA) is 83.6 Å². The zero-order chi connectivity index (χ0) is 13.3. The van der Waals surface area contributed by atoms with E-state index in [2.05, 4.69) is 0 Å². The van der Waals surface area contributed by atoms with Crippen LogP contribution in [0.1, 0.15) is 15.9 Å². The fourth-order valence-electron chi connectivity index (χ4n) is 1.92. The second kappa shape index (κ2) is 4.96. The first-order valence-electron chi connectivity index (χ1n) is 5.50. The second-order valence-corrected chi connectivity index (χ2v) is 4.81. The predicted octanol–water partition coefficient (Wildman–Crippen LogP) is 0.955. The Morgan fingerprint density at radius 3 is 2.61 bits per heavy atom. The van der Waals surface area contributed by atoms with Crippen LogP contribution in [0.2, 0.25) is 5.02 Å². The van der Waals surface area contributed by atoms with Gasteiger partial charge in [0.2, 0.25) is 5.91 Å². The van der Waals surface area contributed by atoms with Crippen LogP contribution in [0, 0.1) is 5.92 Å². The van der Waals surface area contributed by atoms with Gasteiger partial charge in [0.05, 0.1) is 5.92 Å². The number of carbonyl (C=O) groups is 2. The number of hydrogen-bond donors (Lipinski definition) is 2. The van der Waals surface area contributed by atoms with E-state index < -0.39 is 11.9 Å². The van der Waals surface area contributed by atoms with Crippen molar-refractivity contribution in [1.29, 1.82) is 0 Å². The van der Waals surface area contributed by atoms with Gasteiger partial charge in [-0.25, -0.2) is 0 Å². The maximum Gasteiger partial charge on any atom is 0.309 e. The fourth-order valence-corrected chi connectivity index (χ4v) is 2.17. The Bertz CT molecular complexity index is 498. The van der Waals surface area contributed by atoms with Gasteiger partial charge in [-0.2, -0.15) is 0 Å². The molecular formula is C12H13ClN2O3. The number of nitrogens with two attached hydrogens (primary N) is 1. The van der Waals surface area contributed by atoms with Crippen LogP contribution >= 0.6 is 11.6 Å². The number of halogens is 1. The monoisotopic (exact) mass is 268 g/mol. The molecule has 96 valence electrons. The molecular weight excluding hydrogens is 256 g/mol. The molecule has 3 N–H and O–H groups in total. The second-order valence-electron chi connectivity index (χ2n) is 4.40. The Balaban J connectivity index is 1.99. The molecule has 0 saturated carbocycles. The lowest BCUT2D eigenvalue weighted by Crippen LogP contribution is -2.49. The smallest absolute Gasteiger partial charge is 0.309 e. The minimum Gasteiger partial charge on any atom is -0.481 e. The van der Waals surface area contributed by atoms with Crippen molar-refractivity contribution in [2.75, 3.05) is 13.1 Å². The maximum atomic E-state index is 11.0. The van der Waals surface area contributed by atoms with Gasteiger partial charge in [0.15, 0.2) is 0 Å². The van der Waals surface area contributed by atoms with Crippen LogP contribution < -0.4 is 5.73 Å². The van der Waals surface area contributed by atoms with Gasteiger partial charge in [-0.15, -0.1) is 0 Å². The largest absolute Gasteiger partial charge is 0.481 e. The van der Waals surface area contributed by atoms with Gasteiger partial charge in [-0.3, -0.25) is 14.5 Å². The van der Waals surface area contributed by atoms with E-state index in [4.69, 9.17) is 22.4 Å². The molecule has 1 aliphatic rings. The summed E-state index contributed by atoms with van der Waals surface area (Å²) in [5, 5.41) is 9.24. The molecule has 0 atom stereocenters. The van der Waals surface area contributed by atoms with E-state index in [-0.39, 0.29) is 5.92 Å². The van der Waals surface area contributed by atoms with Crippen molar-refractivity contribution >= 4 is 23.5 Å². The van der Waals surface area contributed by atoms with Crippen molar-refractivity contribution in [1.82, 2.24) is 4.90 Å². The fraction of sp³-hybridized carbons (Fsp3) is 0.333. The van der Waals surface area contributed by atoms with Crippen molar-refractivity contribution in [3.8, 4) is 0 Å². The van der Waals surface area contributed by atoms with Crippen LogP contribution in [0.3, 0.4) is 0 Å². The first-order chi connectivity index (χ1) is 8.47. The van der Waals surface area contributed by atoms with E-state index in [0.717, 1.165) is 5.56 Å². The summed E-state index contributed by atoms with van der Waals surface area (Å²) in [5.74, 6) is -1.56. The number of aliphatic carboxylic acids is 1. The Morgan fingerprint density at radius 2 is 2.11 bits per heavy atom. The van der Waals surface area contributed by atoms with Gasteiger partial charge in [0.1, 0.15) is 0 Å². The first kappa shape index (κ1) is 12.9. The third kappa shape index (κ3) is 2.63. The molecule has 0 bridgehead atoms. The summed E-state index contributed by atoms with van der Waals surface area (Å²) >= 11 is 6.05. The number of hydrogen-bond acceptors (Lipinski definition) is 3. The van der Waals surface area contributed by atoms with Crippen LogP contribution in [-0.4, -0.2) is 35.0 Å². The molecule has 0 radical (unpaired) electrons. The van der Waals surface area contributed by atoms with Crippen LogP contribution in [0.5, 0.6) is 0 Å². The zero-order valence-electron chi connectivity index (χ0n) is 9.60. The summed E-state index contributed by atoms with van der Waals surface area (Å²) < 4.78 is 0. The van der Waals surface area contributed by atoms with Crippen LogP contribution in [-0.2, 0) is 11.3 Å². The number of carbonyl (C=O) groups excluding carboxylic acids is 1. The average molecular weight is 269 g/mol. The van der Waals surface area contributed by atoms with Crippen LogP contribution in [0.15, 0.2) is 18.2 Å². The number of amides is 1. The van der Waals surface area contributed by atoms with E-state index in [1.807, 2.05) is 4.90 Å². The molecule has 2 rings (SSSR count). The molecule has 1 aliphatic heterocycles. The number of nitrogens with zero attached hydrogens (tertiary/aromatic N) is 1. The van der Waals surface area contributed by atoms with Crippen molar-refractivity contribution in [2.45, 2.75) is 6.54 Å². The lowest BCUT2D eigenvalue weighted by molar-refractivity contribution is -0.147. The SMILES string of the molecule is NC(=O)c1ccc(CN2CC(C(=O)O)C2)c(Cl)c1. The Kier molecular flexibility index (Phi) is 3.54. The van der Waals surface area contributed by atoms with E-state index in [0.29, 0.717) is 30.2 Å². The zero-order valence-corrected chi connectivity index (χ0v) is 10.4. The maximum absolute atomic E-state index is 11.0. The van der Waals surface area contributed by atoms with E-state index in [9.17, 15) is 9.59 Å². The number of carboxylic acids is 1. The highest BCUT2D eigenvalue weighted by molar-refractivity contribution is 6.31. The van der Waals surface area contributed by atoms with Crippen molar-refractivity contribution < 1.29 is 14.7 Å². The molecule has 1 aromatic rings. The predicted molar refractivity (Wildman–Crippen MR) is 66.4 cm³/mol. The van der Waals surface area contributed by atoms with Crippen LogP contribution in [0.25, 0.3) is 0 Å². The average Bonchev–Trinajstić information content (AvgIpc) is 2.23. The van der Waals surface area contributed by atoms with Crippen molar-refractivity contribution in [3.63, 3.8) is 0 Å². The number of primary amides is 1. The minimum absolute atomic E-state index is 0.284. The number of carboxylic acid groups (broad SMARTS) is 1. The minimum atomic E-state index is -0.763. The molecule has 5 nitrogen and oxygen atoms in total. The van der Waals surface area contributed by atoms with E-state index in [1.54, 1.807) is 12.1 Å². The molecule has 1 heterocycles. The summed E-state index contributed by atoms with van der Waals surface area (Å²) in [5.41, 5.74) is 6.39. The third-order valence-corrected chi connectivity index (χ3v) is 3.39. The number of likely N-dealkylation sites (tertiary alicyclic amines) is 1. The molecule has 0 unspecified atom stereocenters. The lowest BCUT2D eigenvalue weighted by Gasteiger charge is -2.36. The van der Waals surface area contributed by atoms with E-state index >= 15 is 0 Å². The molecule has 1 aromatic carbocycles. The Morgan fingerprint density at radius 1 is 1.44 bits per heavy atom. The Labute approximate surface area is 109 Å². The van der Waals surface area contributed by atoms with E-state index in [1.165, 1.54) is 6.07 Å². The molecule has 0 spiro atoms. The summed E-state index contributed by atoms with van der Waals surface area (Å²) in [7, 11) is 0. The van der Waals surface area contributed by atoms with Gasteiger partial charge in [-0.05, 0) is 17.7 Å². The van der Waals surface area contributed by atoms with Gasteiger partial charge in [0, 0.05) is 30.2 Å². The normalized spacial score (nSPS) is 16.3. The molecule has 0 aliphatic carbocycles. The summed E-state index contributed by atoms with van der Waals surface area (Å²) in [6.07, 6.45) is 0. The first-order valence-corrected chi connectivity index (χ1v) is 5.88. The lowest BCUT2D eigenvalue weighted by atomic mass is 9.99. The molecule has 6 heteroatoms. The number of benzene rings is 1.